The molecule has 11 heteroatoms. The number of aromatic nitrogens is 2. The second-order valence-electron chi connectivity index (χ2n) is 7.87. The Labute approximate surface area is 225 Å². The number of pyridine rings is 2. The van der Waals surface area contributed by atoms with Gasteiger partial charge in [-0.25, -0.2) is 14.1 Å². The summed E-state index contributed by atoms with van der Waals surface area (Å²) >= 11 is 0.844. The molecule has 0 saturated heterocycles. The smallest absolute Gasteiger partial charge is 0.404 e. The number of anilines is 2. The van der Waals surface area contributed by atoms with Crippen molar-refractivity contribution in [2.45, 2.75) is 64.2 Å². The van der Waals surface area contributed by atoms with Crippen LogP contribution < -0.4 is 14.4 Å². The molecule has 1 N–H and O–H groups in total. The van der Waals surface area contributed by atoms with Crippen molar-refractivity contribution in [3.8, 4) is 11.8 Å². The Morgan fingerprint density at radius 2 is 1.87 bits per heavy atom. The fraction of sp³-hybridized carbons (Fsp3) is 0.370. The number of aryl methyl sites for hydroxylation is 1. The number of alkyl halides is 3. The van der Waals surface area contributed by atoms with Gasteiger partial charge in [-0.2, -0.15) is 18.4 Å². The van der Waals surface area contributed by atoms with Gasteiger partial charge in [0.2, 0.25) is 0 Å². The van der Waals surface area contributed by atoms with Crippen LogP contribution in [0, 0.1) is 17.1 Å². The predicted octanol–water partition coefficient (Wildman–Crippen LogP) is 7.16. The van der Waals surface area contributed by atoms with E-state index in [4.69, 9.17) is 4.74 Å². The Bertz CT molecular complexity index is 1220. The maximum atomic E-state index is 14.6. The van der Waals surface area contributed by atoms with Gasteiger partial charge in [0.1, 0.15) is 23.4 Å². The largest absolute Gasteiger partial charge is 0.497 e. The molecular weight excluding hydrogens is 518 g/mol. The van der Waals surface area contributed by atoms with Crippen molar-refractivity contribution < 1.29 is 22.3 Å². The summed E-state index contributed by atoms with van der Waals surface area (Å²) in [7, 11) is 1.53. The SMILES string of the molecule is CC.CCc1cc(N(Cc2ccc(SNC(C)C(F)(F)F)cn2)c2cc(OC)ccn2)c(CC#N)cc1F. The first-order chi connectivity index (χ1) is 18.2. The quantitative estimate of drug-likeness (QED) is 0.212. The van der Waals surface area contributed by atoms with Crippen LogP contribution in [0.1, 0.15) is 44.5 Å². The third kappa shape index (κ3) is 8.33. The lowest BCUT2D eigenvalue weighted by atomic mass is 10.0. The number of nitriles is 1. The molecule has 38 heavy (non-hydrogen) atoms. The first kappa shape index (κ1) is 30.9. The van der Waals surface area contributed by atoms with Crippen LogP contribution >= 0.6 is 11.9 Å². The molecule has 0 fully saturated rings. The van der Waals surface area contributed by atoms with Gasteiger partial charge in [0.25, 0.3) is 0 Å². The second-order valence-corrected chi connectivity index (χ2v) is 8.78. The molecule has 0 radical (unpaired) electrons. The molecule has 3 rings (SSSR count). The molecular formula is C27H31F4N5OS. The predicted molar refractivity (Wildman–Crippen MR) is 142 cm³/mol. The van der Waals surface area contributed by atoms with Gasteiger partial charge in [0, 0.05) is 29.0 Å². The Hall–Kier alpha value is -3.36. The molecule has 0 amide bonds. The summed E-state index contributed by atoms with van der Waals surface area (Å²) in [6, 6.07) is 10.2. The molecule has 0 saturated carbocycles. The van der Waals surface area contributed by atoms with E-state index in [1.165, 1.54) is 19.4 Å². The maximum Gasteiger partial charge on any atom is 0.404 e. The molecule has 6 nitrogen and oxygen atoms in total. The standard InChI is InChI=1S/C25H25F4N5OS.C2H6/c1-4-17-12-23(18(7-9-30)11-22(17)26)34(24-13-20(35-3)8-10-31-24)15-19-5-6-21(14-32-19)36-33-16(2)25(27,28)29;1-2/h5-6,8,10-14,16,33H,4,7,15H2,1-3H3;1-2H3. The number of halogens is 4. The van der Waals surface area contributed by atoms with E-state index >= 15 is 0 Å². The average Bonchev–Trinajstić information content (AvgIpc) is 2.92. The van der Waals surface area contributed by atoms with Gasteiger partial charge in [-0.15, -0.1) is 0 Å². The van der Waals surface area contributed by atoms with E-state index in [-0.39, 0.29) is 18.8 Å². The van der Waals surface area contributed by atoms with Crippen LogP contribution in [0.25, 0.3) is 0 Å². The Morgan fingerprint density at radius 3 is 2.45 bits per heavy atom. The fourth-order valence-corrected chi connectivity index (χ4v) is 4.00. The van der Waals surface area contributed by atoms with Gasteiger partial charge in [-0.3, -0.25) is 4.98 Å². The Balaban J connectivity index is 0.00000247. The molecule has 1 atom stereocenters. The van der Waals surface area contributed by atoms with Crippen molar-refractivity contribution in [2.75, 3.05) is 12.0 Å². The van der Waals surface area contributed by atoms with Crippen molar-refractivity contribution in [3.05, 3.63) is 71.4 Å². The van der Waals surface area contributed by atoms with E-state index in [0.29, 0.717) is 45.4 Å². The topological polar surface area (TPSA) is 74.1 Å². The van der Waals surface area contributed by atoms with Crippen molar-refractivity contribution in [2.24, 2.45) is 0 Å². The molecule has 0 aliphatic carbocycles. The number of methoxy groups -OCH3 is 1. The fourth-order valence-electron chi connectivity index (χ4n) is 3.31. The number of benzene rings is 1. The molecule has 0 spiro atoms. The highest BCUT2D eigenvalue weighted by molar-refractivity contribution is 7.97. The lowest BCUT2D eigenvalue weighted by molar-refractivity contribution is -0.146. The van der Waals surface area contributed by atoms with Gasteiger partial charge >= 0.3 is 6.18 Å². The lowest BCUT2D eigenvalue weighted by Gasteiger charge is -2.27. The van der Waals surface area contributed by atoms with E-state index in [1.807, 2.05) is 25.7 Å². The second kappa shape index (κ2) is 14.5. The molecule has 0 bridgehead atoms. The average molecular weight is 550 g/mol. The van der Waals surface area contributed by atoms with Crippen molar-refractivity contribution >= 4 is 23.5 Å². The zero-order valence-corrected chi connectivity index (χ0v) is 22.8. The third-order valence-corrected chi connectivity index (χ3v) is 6.33. The summed E-state index contributed by atoms with van der Waals surface area (Å²) in [4.78, 5) is 11.2. The molecule has 0 aliphatic rings. The zero-order chi connectivity index (χ0) is 28.3. The normalized spacial score (nSPS) is 11.7. The third-order valence-electron chi connectivity index (χ3n) is 5.38. The maximum absolute atomic E-state index is 14.6. The van der Waals surface area contributed by atoms with Crippen LogP contribution in [-0.4, -0.2) is 29.3 Å². The van der Waals surface area contributed by atoms with E-state index in [1.54, 1.807) is 36.5 Å². The van der Waals surface area contributed by atoms with Crippen molar-refractivity contribution in [3.63, 3.8) is 0 Å². The molecule has 2 aromatic heterocycles. The van der Waals surface area contributed by atoms with Gasteiger partial charge in [-0.05, 0) is 66.8 Å². The first-order valence-corrected chi connectivity index (χ1v) is 12.9. The van der Waals surface area contributed by atoms with Crippen LogP contribution in [0.2, 0.25) is 0 Å². The summed E-state index contributed by atoms with van der Waals surface area (Å²) in [6.45, 7) is 7.09. The van der Waals surface area contributed by atoms with Crippen molar-refractivity contribution in [1.82, 2.24) is 14.7 Å². The van der Waals surface area contributed by atoms with E-state index < -0.39 is 12.2 Å². The molecule has 2 heterocycles. The summed E-state index contributed by atoms with van der Waals surface area (Å²) in [5, 5.41) is 9.34. The lowest BCUT2D eigenvalue weighted by Crippen LogP contribution is -2.35. The van der Waals surface area contributed by atoms with Crippen LogP contribution in [0.4, 0.5) is 29.1 Å². The van der Waals surface area contributed by atoms with Crippen LogP contribution in [0.5, 0.6) is 5.75 Å². The summed E-state index contributed by atoms with van der Waals surface area (Å²) < 4.78 is 60.5. The molecule has 0 aliphatic heterocycles. The summed E-state index contributed by atoms with van der Waals surface area (Å²) in [5.74, 6) is 0.683. The molecule has 3 aromatic rings. The Kier molecular flexibility index (Phi) is 11.8. The highest BCUT2D eigenvalue weighted by Crippen LogP contribution is 2.33. The summed E-state index contributed by atoms with van der Waals surface area (Å²) in [6.07, 6.45) is -0.846. The minimum atomic E-state index is -4.35. The number of rotatable bonds is 10. The molecule has 1 unspecified atom stereocenters. The molecule has 204 valence electrons. The van der Waals surface area contributed by atoms with Crippen molar-refractivity contribution in [1.29, 1.82) is 5.26 Å². The number of hydrogen-bond donors (Lipinski definition) is 1. The van der Waals surface area contributed by atoms with E-state index in [0.717, 1.165) is 18.9 Å². The number of ether oxygens (including phenoxy) is 1. The van der Waals surface area contributed by atoms with Gasteiger partial charge in [0.15, 0.2) is 0 Å². The van der Waals surface area contributed by atoms with Crippen LogP contribution in [-0.2, 0) is 19.4 Å². The Morgan fingerprint density at radius 1 is 1.13 bits per heavy atom. The highest BCUT2D eigenvalue weighted by atomic mass is 32.2. The molecule has 1 aromatic carbocycles. The first-order valence-electron chi connectivity index (χ1n) is 12.1. The van der Waals surface area contributed by atoms with Gasteiger partial charge < -0.3 is 9.64 Å². The van der Waals surface area contributed by atoms with Gasteiger partial charge in [-0.1, -0.05) is 20.8 Å². The van der Waals surface area contributed by atoms with E-state index in [9.17, 15) is 22.8 Å². The minimum Gasteiger partial charge on any atom is -0.497 e. The van der Waals surface area contributed by atoms with Crippen LogP contribution in [0.3, 0.4) is 0 Å². The van der Waals surface area contributed by atoms with Gasteiger partial charge in [0.05, 0.1) is 31.8 Å². The zero-order valence-electron chi connectivity index (χ0n) is 21.9. The number of hydrogen-bond acceptors (Lipinski definition) is 7. The highest BCUT2D eigenvalue weighted by Gasteiger charge is 2.35. The summed E-state index contributed by atoms with van der Waals surface area (Å²) in [5.41, 5.74) is 2.19. The monoisotopic (exact) mass is 549 g/mol. The van der Waals surface area contributed by atoms with Crippen LogP contribution in [0.15, 0.2) is 53.7 Å². The van der Waals surface area contributed by atoms with E-state index in [2.05, 4.69) is 20.8 Å². The number of nitrogens with zero attached hydrogens (tertiary/aromatic N) is 4. The minimum absolute atomic E-state index is 0.0111. The number of nitrogens with one attached hydrogen (secondary N) is 1.